The lowest BCUT2D eigenvalue weighted by molar-refractivity contribution is -0.127. The number of ether oxygens (including phenoxy) is 1. The van der Waals surface area contributed by atoms with Crippen molar-refractivity contribution in [1.82, 2.24) is 4.90 Å². The average Bonchev–Trinajstić information content (AvgIpc) is 3.05. The molecule has 8 nitrogen and oxygen atoms in total. The number of aliphatic imine (C=N–C) groups is 1. The number of nitrogens with two attached hydrogens (primary N) is 1. The predicted molar refractivity (Wildman–Crippen MR) is 150 cm³/mol. The zero-order valence-corrected chi connectivity index (χ0v) is 22.8. The maximum absolute atomic E-state index is 13.2. The zero-order chi connectivity index (χ0) is 26.8. The maximum Gasteiger partial charge on any atom is 0.250 e. The monoisotopic (exact) mass is 526 g/mol. The van der Waals surface area contributed by atoms with Gasteiger partial charge >= 0.3 is 0 Å². The fourth-order valence-corrected chi connectivity index (χ4v) is 5.44. The Balaban J connectivity index is 1.90. The van der Waals surface area contributed by atoms with Crippen molar-refractivity contribution in [1.29, 1.82) is 0 Å². The van der Waals surface area contributed by atoms with E-state index in [0.29, 0.717) is 48.1 Å². The molecule has 1 aliphatic heterocycles. The zero-order valence-electron chi connectivity index (χ0n) is 22.0. The molecule has 200 valence electrons. The molecule has 1 amide bonds. The van der Waals surface area contributed by atoms with Gasteiger partial charge in [0.2, 0.25) is 5.91 Å². The highest BCUT2D eigenvalue weighted by Gasteiger charge is 2.21. The molecule has 1 heterocycles. The molecular weight excluding hydrogens is 488 g/mol. The largest absolute Gasteiger partial charge is 0.394 e. The van der Waals surface area contributed by atoms with E-state index in [4.69, 9.17) is 15.6 Å². The number of hydrogen-bond donors (Lipinski definition) is 2. The number of benzene rings is 2. The molecule has 0 saturated heterocycles. The summed E-state index contributed by atoms with van der Waals surface area (Å²) in [6.45, 7) is 6.34. The van der Waals surface area contributed by atoms with Crippen molar-refractivity contribution in [3.05, 3.63) is 53.6 Å². The quantitative estimate of drug-likeness (QED) is 0.401. The molecule has 0 spiro atoms. The molecule has 9 heteroatoms. The Morgan fingerprint density at radius 2 is 1.86 bits per heavy atom. The van der Waals surface area contributed by atoms with Crippen LogP contribution in [0.2, 0.25) is 0 Å². The van der Waals surface area contributed by atoms with E-state index in [2.05, 4.69) is 23.2 Å². The van der Waals surface area contributed by atoms with Gasteiger partial charge in [0.05, 0.1) is 41.8 Å². The fourth-order valence-electron chi connectivity index (χ4n) is 4.19. The van der Waals surface area contributed by atoms with Crippen molar-refractivity contribution in [3.63, 3.8) is 0 Å². The van der Waals surface area contributed by atoms with E-state index in [0.717, 1.165) is 29.5 Å². The van der Waals surface area contributed by atoms with Crippen molar-refractivity contribution in [2.75, 3.05) is 45.7 Å². The number of rotatable bonds is 12. The first-order valence-corrected chi connectivity index (χ1v) is 14.6. The molecular formula is C28H38N4O4S. The second-order valence-corrected chi connectivity index (χ2v) is 11.4. The van der Waals surface area contributed by atoms with Crippen LogP contribution in [-0.4, -0.2) is 71.7 Å². The van der Waals surface area contributed by atoms with E-state index in [1.807, 2.05) is 53.4 Å². The topological polar surface area (TPSA) is 118 Å². The summed E-state index contributed by atoms with van der Waals surface area (Å²) < 4.78 is 22.8. The Labute approximate surface area is 220 Å². The Morgan fingerprint density at radius 1 is 1.14 bits per heavy atom. The number of fused-ring (bicyclic) bond motifs is 1. The third kappa shape index (κ3) is 7.74. The number of carbonyl (C=O) groups excluding carboxylic acids is 1. The maximum atomic E-state index is 13.2. The second kappa shape index (κ2) is 13.5. The molecule has 3 N–H and O–H groups in total. The summed E-state index contributed by atoms with van der Waals surface area (Å²) in [6.07, 6.45) is 5.62. The number of amidine groups is 1. The van der Waals surface area contributed by atoms with Gasteiger partial charge in [-0.25, -0.2) is 13.6 Å². The minimum absolute atomic E-state index is 0.00898. The van der Waals surface area contributed by atoms with Crippen LogP contribution in [0.25, 0.3) is 17.2 Å². The van der Waals surface area contributed by atoms with Crippen LogP contribution in [-0.2, 0) is 19.3 Å². The standard InChI is InChI=1S/C28H38N4O4S/c1-4-12-32(13-5-2)28(34)24-17-23-10-9-22(19-26(23)31-27(29)20-24)21-7-6-8-25(18-21)37(3,35)30-11-15-36-16-14-33/h6-10,17-19,33H,4-5,11-16,20H2,1-3H3,(H2,29,31). The van der Waals surface area contributed by atoms with Crippen molar-refractivity contribution in [2.45, 2.75) is 38.0 Å². The Bertz CT molecular complexity index is 1270. The molecule has 2 aromatic carbocycles. The highest BCUT2D eigenvalue weighted by atomic mass is 32.2. The molecule has 1 aliphatic rings. The molecule has 1 atom stereocenters. The summed E-state index contributed by atoms with van der Waals surface area (Å²) in [5, 5.41) is 8.80. The molecule has 0 aliphatic carbocycles. The summed E-state index contributed by atoms with van der Waals surface area (Å²) in [4.78, 5) is 20.4. The molecule has 0 fully saturated rings. The molecule has 0 bridgehead atoms. The van der Waals surface area contributed by atoms with E-state index >= 15 is 0 Å². The summed E-state index contributed by atoms with van der Waals surface area (Å²) in [6, 6.07) is 13.4. The molecule has 0 aromatic heterocycles. The lowest BCUT2D eigenvalue weighted by atomic mass is 10.0. The lowest BCUT2D eigenvalue weighted by Crippen LogP contribution is -2.34. The molecule has 0 saturated carbocycles. The van der Waals surface area contributed by atoms with Crippen LogP contribution in [0.5, 0.6) is 0 Å². The van der Waals surface area contributed by atoms with Crippen molar-refractivity contribution in [2.24, 2.45) is 15.1 Å². The highest BCUT2D eigenvalue weighted by molar-refractivity contribution is 7.93. The van der Waals surface area contributed by atoms with Crippen LogP contribution < -0.4 is 5.73 Å². The van der Waals surface area contributed by atoms with E-state index < -0.39 is 9.73 Å². The van der Waals surface area contributed by atoms with E-state index in [9.17, 15) is 9.00 Å². The van der Waals surface area contributed by atoms with Crippen molar-refractivity contribution >= 4 is 33.2 Å². The number of hydrogen-bond acceptors (Lipinski definition) is 7. The van der Waals surface area contributed by atoms with Gasteiger partial charge in [-0.3, -0.25) is 4.79 Å². The van der Waals surface area contributed by atoms with Crippen molar-refractivity contribution in [3.8, 4) is 11.1 Å². The first kappa shape index (κ1) is 28.6. The average molecular weight is 527 g/mol. The van der Waals surface area contributed by atoms with Crippen LogP contribution in [0.1, 0.15) is 38.7 Å². The van der Waals surface area contributed by atoms with E-state index in [1.165, 1.54) is 0 Å². The SMILES string of the molecule is CCCN(CCC)C(=O)C1=Cc2ccc(-c3cccc(S(C)(=O)=NCCOCCO)c3)cc2N=C(N)C1. The number of carbonyl (C=O) groups is 1. The molecule has 0 radical (unpaired) electrons. The van der Waals surface area contributed by atoms with Crippen LogP contribution in [0.3, 0.4) is 0 Å². The molecule has 2 aromatic rings. The van der Waals surface area contributed by atoms with Gasteiger partial charge in [0.1, 0.15) is 5.84 Å². The van der Waals surface area contributed by atoms with Crippen LogP contribution in [0, 0.1) is 0 Å². The predicted octanol–water partition coefficient (Wildman–Crippen LogP) is 4.24. The summed E-state index contributed by atoms with van der Waals surface area (Å²) in [5.74, 6) is 0.408. The summed E-state index contributed by atoms with van der Waals surface area (Å²) in [5.41, 5.74) is 10.2. The van der Waals surface area contributed by atoms with Gasteiger partial charge < -0.3 is 20.5 Å². The second-order valence-electron chi connectivity index (χ2n) is 9.03. The first-order chi connectivity index (χ1) is 17.8. The van der Waals surface area contributed by atoms with Crippen LogP contribution in [0.4, 0.5) is 5.69 Å². The normalized spacial score (nSPS) is 14.6. The molecule has 37 heavy (non-hydrogen) atoms. The van der Waals surface area contributed by atoms with Gasteiger partial charge in [-0.2, -0.15) is 0 Å². The highest BCUT2D eigenvalue weighted by Crippen LogP contribution is 2.33. The Hall–Kier alpha value is -3.01. The minimum atomic E-state index is -2.61. The molecule has 1 unspecified atom stereocenters. The number of amides is 1. The molecule has 3 rings (SSSR count). The summed E-state index contributed by atoms with van der Waals surface area (Å²) >= 11 is 0. The lowest BCUT2D eigenvalue weighted by Gasteiger charge is -2.22. The van der Waals surface area contributed by atoms with Gasteiger partial charge in [-0.05, 0) is 48.2 Å². The fraction of sp³-hybridized carbons (Fsp3) is 0.429. The summed E-state index contributed by atoms with van der Waals surface area (Å²) in [7, 11) is -2.61. The third-order valence-electron chi connectivity index (χ3n) is 5.96. The third-order valence-corrected chi connectivity index (χ3v) is 7.76. The van der Waals surface area contributed by atoms with Gasteiger partial charge in [0, 0.05) is 41.8 Å². The number of aliphatic hydroxyl groups excluding tert-OH is 1. The van der Waals surface area contributed by atoms with Crippen LogP contribution in [0.15, 0.2) is 62.3 Å². The van der Waals surface area contributed by atoms with E-state index in [1.54, 1.807) is 6.26 Å². The van der Waals surface area contributed by atoms with Gasteiger partial charge in [-0.1, -0.05) is 38.1 Å². The van der Waals surface area contributed by atoms with Crippen LogP contribution >= 0.6 is 0 Å². The number of nitrogens with zero attached hydrogens (tertiary/aromatic N) is 3. The van der Waals surface area contributed by atoms with Gasteiger partial charge in [-0.15, -0.1) is 0 Å². The van der Waals surface area contributed by atoms with Gasteiger partial charge in [0.15, 0.2) is 0 Å². The number of aliphatic hydroxyl groups is 1. The Morgan fingerprint density at radius 3 is 2.57 bits per heavy atom. The van der Waals surface area contributed by atoms with Gasteiger partial charge in [0.25, 0.3) is 0 Å². The first-order valence-electron chi connectivity index (χ1n) is 12.7. The minimum Gasteiger partial charge on any atom is -0.394 e. The Kier molecular flexibility index (Phi) is 10.4. The van der Waals surface area contributed by atoms with E-state index in [-0.39, 0.29) is 25.7 Å². The van der Waals surface area contributed by atoms with Crippen molar-refractivity contribution < 1.29 is 18.8 Å². The smallest absolute Gasteiger partial charge is 0.250 e.